The summed E-state index contributed by atoms with van der Waals surface area (Å²) in [4.78, 5) is 5.80. The predicted octanol–water partition coefficient (Wildman–Crippen LogP) is 2.19. The highest BCUT2D eigenvalue weighted by molar-refractivity contribution is 7.99. The summed E-state index contributed by atoms with van der Waals surface area (Å²) < 4.78 is 0. The largest absolute Gasteiger partial charge is 0.355 e. The minimum atomic E-state index is 0. The molecule has 5 heteroatoms. The van der Waals surface area contributed by atoms with E-state index in [0.717, 1.165) is 19.0 Å². The zero-order chi connectivity index (χ0) is 10.8. The second kappa shape index (κ2) is 5.65. The van der Waals surface area contributed by atoms with Crippen LogP contribution in [0.5, 0.6) is 0 Å². The molecule has 1 unspecified atom stereocenters. The number of thioether (sulfide) groups is 1. The van der Waals surface area contributed by atoms with E-state index in [9.17, 15) is 0 Å². The lowest BCUT2D eigenvalue weighted by atomic mass is 10.0. The molecule has 1 atom stereocenters. The number of halogens is 1. The highest BCUT2D eigenvalue weighted by Gasteiger charge is 2.21. The van der Waals surface area contributed by atoms with Crippen LogP contribution < -0.4 is 10.6 Å². The average molecular weight is 270 g/mol. The molecule has 3 rings (SSSR count). The molecule has 0 bridgehead atoms. The van der Waals surface area contributed by atoms with Crippen LogP contribution >= 0.6 is 24.2 Å². The van der Waals surface area contributed by atoms with Gasteiger partial charge in [0.1, 0.15) is 0 Å². The zero-order valence-corrected chi connectivity index (χ0v) is 11.1. The first-order valence-electron chi connectivity index (χ1n) is 5.70. The maximum absolute atomic E-state index is 4.39. The topological polar surface area (TPSA) is 36.4 Å². The van der Waals surface area contributed by atoms with E-state index in [1.54, 1.807) is 0 Å². The minimum Gasteiger partial charge on any atom is -0.355 e. The fraction of sp³-hybridized carbons (Fsp3) is 0.417. The molecule has 0 saturated carbocycles. The fourth-order valence-electron chi connectivity index (χ4n) is 2.15. The van der Waals surface area contributed by atoms with E-state index in [1.165, 1.54) is 22.6 Å². The molecule has 0 spiro atoms. The predicted molar refractivity (Wildman–Crippen MR) is 75.2 cm³/mol. The number of fused-ring (bicyclic) bond motifs is 1. The molecule has 2 heterocycles. The average Bonchev–Trinajstić information content (AvgIpc) is 2.82. The maximum atomic E-state index is 4.39. The molecule has 0 saturated heterocycles. The summed E-state index contributed by atoms with van der Waals surface area (Å²) in [6, 6.07) is 9.07. The van der Waals surface area contributed by atoms with Gasteiger partial charge in [0.05, 0.1) is 12.6 Å². The third-order valence-electron chi connectivity index (χ3n) is 2.94. The van der Waals surface area contributed by atoms with Crippen LogP contribution in [0.4, 0.5) is 0 Å². The standard InChI is InChI=1S/C12H15N3S.ClH/c1-2-4-11-9(3-1)10(5-8-16-11)15-12-13-6-7-14-12;/h1-4,10H,5-8H2,(H2,13,14,15);1H. The number of rotatable bonds is 1. The van der Waals surface area contributed by atoms with Gasteiger partial charge in [0.15, 0.2) is 5.96 Å². The Morgan fingerprint density at radius 3 is 3.06 bits per heavy atom. The Morgan fingerprint density at radius 2 is 2.24 bits per heavy atom. The summed E-state index contributed by atoms with van der Waals surface area (Å²) in [7, 11) is 0. The summed E-state index contributed by atoms with van der Waals surface area (Å²) in [5, 5.41) is 6.77. The molecule has 1 aromatic carbocycles. The summed E-state index contributed by atoms with van der Waals surface area (Å²) in [5.41, 5.74) is 1.41. The highest BCUT2D eigenvalue weighted by atomic mass is 35.5. The van der Waals surface area contributed by atoms with E-state index in [4.69, 9.17) is 0 Å². The quantitative estimate of drug-likeness (QED) is 0.821. The van der Waals surface area contributed by atoms with Crippen molar-refractivity contribution < 1.29 is 0 Å². The molecular weight excluding hydrogens is 254 g/mol. The van der Waals surface area contributed by atoms with Gasteiger partial charge in [-0.1, -0.05) is 18.2 Å². The highest BCUT2D eigenvalue weighted by Crippen LogP contribution is 2.35. The van der Waals surface area contributed by atoms with Crippen LogP contribution in [0.3, 0.4) is 0 Å². The minimum absolute atomic E-state index is 0. The van der Waals surface area contributed by atoms with E-state index >= 15 is 0 Å². The van der Waals surface area contributed by atoms with Crippen molar-refractivity contribution in [3.63, 3.8) is 0 Å². The lowest BCUT2D eigenvalue weighted by Crippen LogP contribution is -2.37. The van der Waals surface area contributed by atoms with Crippen molar-refractivity contribution in [2.24, 2.45) is 4.99 Å². The van der Waals surface area contributed by atoms with Gasteiger partial charge in [0, 0.05) is 17.2 Å². The lowest BCUT2D eigenvalue weighted by molar-refractivity contribution is 0.603. The van der Waals surface area contributed by atoms with Crippen molar-refractivity contribution >= 4 is 30.1 Å². The van der Waals surface area contributed by atoms with Crippen molar-refractivity contribution in [3.05, 3.63) is 29.8 Å². The van der Waals surface area contributed by atoms with Gasteiger partial charge in [-0.25, -0.2) is 0 Å². The van der Waals surface area contributed by atoms with Crippen LogP contribution in [0.15, 0.2) is 34.2 Å². The van der Waals surface area contributed by atoms with Crippen molar-refractivity contribution in [1.82, 2.24) is 10.6 Å². The molecule has 92 valence electrons. The second-order valence-electron chi connectivity index (χ2n) is 4.03. The third-order valence-corrected chi connectivity index (χ3v) is 4.07. The van der Waals surface area contributed by atoms with Crippen LogP contribution in [0.2, 0.25) is 0 Å². The Morgan fingerprint density at radius 1 is 1.35 bits per heavy atom. The van der Waals surface area contributed by atoms with Gasteiger partial charge in [0.25, 0.3) is 0 Å². The molecule has 0 aliphatic carbocycles. The van der Waals surface area contributed by atoms with Crippen LogP contribution in [0, 0.1) is 0 Å². The number of guanidine groups is 1. The number of nitrogens with zero attached hydrogens (tertiary/aromatic N) is 1. The Kier molecular flexibility index (Phi) is 4.18. The van der Waals surface area contributed by atoms with E-state index in [-0.39, 0.29) is 12.4 Å². The molecule has 2 aliphatic heterocycles. The summed E-state index contributed by atoms with van der Waals surface area (Å²) in [6.07, 6.45) is 1.17. The number of hydrogen-bond donors (Lipinski definition) is 2. The van der Waals surface area contributed by atoms with Gasteiger partial charge in [-0.05, 0) is 18.1 Å². The molecule has 1 aromatic rings. The van der Waals surface area contributed by atoms with Gasteiger partial charge in [-0.3, -0.25) is 4.99 Å². The molecule has 3 nitrogen and oxygen atoms in total. The molecule has 2 N–H and O–H groups in total. The van der Waals surface area contributed by atoms with Crippen molar-refractivity contribution in [2.45, 2.75) is 17.4 Å². The third kappa shape index (κ3) is 2.69. The summed E-state index contributed by atoms with van der Waals surface area (Å²) in [5.74, 6) is 2.15. The smallest absolute Gasteiger partial charge is 0.191 e. The Bertz CT molecular complexity index is 422. The molecule has 0 radical (unpaired) electrons. The first-order valence-corrected chi connectivity index (χ1v) is 6.68. The van der Waals surface area contributed by atoms with Crippen LogP contribution in [0.1, 0.15) is 18.0 Å². The lowest BCUT2D eigenvalue weighted by Gasteiger charge is -2.26. The Hall–Kier alpha value is -0.870. The van der Waals surface area contributed by atoms with Crippen LogP contribution in [0.25, 0.3) is 0 Å². The SMILES string of the molecule is Cl.c1ccc2c(c1)SCCC2NC1=NCCN1. The first-order chi connectivity index (χ1) is 7.93. The van der Waals surface area contributed by atoms with Crippen molar-refractivity contribution in [3.8, 4) is 0 Å². The zero-order valence-electron chi connectivity index (χ0n) is 9.48. The molecular formula is C12H16ClN3S. The molecule has 17 heavy (non-hydrogen) atoms. The van der Waals surface area contributed by atoms with Crippen molar-refractivity contribution in [2.75, 3.05) is 18.8 Å². The van der Waals surface area contributed by atoms with Gasteiger partial charge < -0.3 is 10.6 Å². The number of aliphatic imine (C=N–C) groups is 1. The Balaban J connectivity index is 0.00000108. The van der Waals surface area contributed by atoms with Gasteiger partial charge >= 0.3 is 0 Å². The summed E-state index contributed by atoms with van der Waals surface area (Å²) >= 11 is 1.95. The summed E-state index contributed by atoms with van der Waals surface area (Å²) in [6.45, 7) is 1.86. The van der Waals surface area contributed by atoms with E-state index in [0.29, 0.717) is 6.04 Å². The van der Waals surface area contributed by atoms with Crippen LogP contribution in [-0.2, 0) is 0 Å². The molecule has 0 aromatic heterocycles. The van der Waals surface area contributed by atoms with E-state index < -0.39 is 0 Å². The molecule has 0 fully saturated rings. The number of hydrogen-bond acceptors (Lipinski definition) is 4. The fourth-order valence-corrected chi connectivity index (χ4v) is 3.28. The molecule has 2 aliphatic rings. The second-order valence-corrected chi connectivity index (χ2v) is 5.17. The monoisotopic (exact) mass is 269 g/mol. The van der Waals surface area contributed by atoms with Crippen molar-refractivity contribution in [1.29, 1.82) is 0 Å². The van der Waals surface area contributed by atoms with Gasteiger partial charge in [0.2, 0.25) is 0 Å². The van der Waals surface area contributed by atoms with Gasteiger partial charge in [-0.2, -0.15) is 0 Å². The maximum Gasteiger partial charge on any atom is 0.191 e. The van der Waals surface area contributed by atoms with E-state index in [2.05, 4.69) is 39.9 Å². The van der Waals surface area contributed by atoms with Crippen LogP contribution in [-0.4, -0.2) is 24.8 Å². The first kappa shape index (κ1) is 12.6. The normalized spacial score (nSPS) is 21.9. The Labute approximate surface area is 112 Å². The van der Waals surface area contributed by atoms with E-state index in [1.807, 2.05) is 11.8 Å². The molecule has 0 amide bonds. The van der Waals surface area contributed by atoms with Gasteiger partial charge in [-0.15, -0.1) is 24.2 Å². The number of benzene rings is 1. The number of nitrogens with one attached hydrogen (secondary N) is 2.